The summed E-state index contributed by atoms with van der Waals surface area (Å²) in [5.41, 5.74) is 2.42. The molecular weight excluding hydrogens is 348 g/mol. The SMILES string of the molecule is COc1ccc(OC)c(NC2CCN(Cc3cccc4ccccc34)CC2)c1. The van der Waals surface area contributed by atoms with Crippen LogP contribution in [-0.4, -0.2) is 38.3 Å². The Morgan fingerprint density at radius 2 is 1.71 bits per heavy atom. The lowest BCUT2D eigenvalue weighted by atomic mass is 10.0. The maximum absolute atomic E-state index is 5.50. The topological polar surface area (TPSA) is 33.7 Å². The Hall–Kier alpha value is -2.72. The molecule has 0 atom stereocenters. The van der Waals surface area contributed by atoms with Gasteiger partial charge >= 0.3 is 0 Å². The molecule has 28 heavy (non-hydrogen) atoms. The second kappa shape index (κ2) is 8.53. The fourth-order valence-corrected chi connectivity index (χ4v) is 4.05. The van der Waals surface area contributed by atoms with E-state index in [4.69, 9.17) is 9.47 Å². The van der Waals surface area contributed by atoms with Gasteiger partial charge in [-0.05, 0) is 41.3 Å². The summed E-state index contributed by atoms with van der Waals surface area (Å²) in [5, 5.41) is 6.35. The first kappa shape index (κ1) is 18.6. The number of anilines is 1. The Balaban J connectivity index is 1.39. The number of hydrogen-bond donors (Lipinski definition) is 1. The molecule has 0 amide bonds. The Bertz CT molecular complexity index is 928. The Kier molecular flexibility index (Phi) is 5.68. The van der Waals surface area contributed by atoms with E-state index in [1.807, 2.05) is 18.2 Å². The summed E-state index contributed by atoms with van der Waals surface area (Å²) >= 11 is 0. The zero-order valence-corrected chi connectivity index (χ0v) is 16.7. The van der Waals surface area contributed by atoms with Crippen LogP contribution in [0, 0.1) is 0 Å². The molecule has 0 radical (unpaired) electrons. The highest BCUT2D eigenvalue weighted by atomic mass is 16.5. The van der Waals surface area contributed by atoms with Gasteiger partial charge in [-0.25, -0.2) is 0 Å². The Morgan fingerprint density at radius 1 is 0.929 bits per heavy atom. The summed E-state index contributed by atoms with van der Waals surface area (Å²) in [4.78, 5) is 2.56. The van der Waals surface area contributed by atoms with E-state index in [1.54, 1.807) is 14.2 Å². The van der Waals surface area contributed by atoms with Gasteiger partial charge in [0, 0.05) is 31.7 Å². The van der Waals surface area contributed by atoms with E-state index in [1.165, 1.54) is 16.3 Å². The second-order valence-corrected chi connectivity index (χ2v) is 7.40. The standard InChI is InChI=1S/C24H28N2O2/c1-27-21-10-11-24(28-2)23(16-21)25-20-12-14-26(15-13-20)17-19-8-5-7-18-6-3-4-9-22(18)19/h3-11,16,20,25H,12-15,17H2,1-2H3. The molecule has 0 aliphatic carbocycles. The van der Waals surface area contributed by atoms with Crippen molar-refractivity contribution >= 4 is 16.5 Å². The van der Waals surface area contributed by atoms with Crippen molar-refractivity contribution in [3.05, 3.63) is 66.2 Å². The maximum Gasteiger partial charge on any atom is 0.142 e. The maximum atomic E-state index is 5.50. The van der Waals surface area contributed by atoms with Crippen molar-refractivity contribution in [1.29, 1.82) is 0 Å². The summed E-state index contributed by atoms with van der Waals surface area (Å²) in [7, 11) is 3.40. The lowest BCUT2D eigenvalue weighted by molar-refractivity contribution is 0.212. The molecule has 0 unspecified atom stereocenters. The molecule has 1 aliphatic heterocycles. The number of benzene rings is 3. The van der Waals surface area contributed by atoms with Gasteiger partial charge < -0.3 is 14.8 Å². The van der Waals surface area contributed by atoms with Crippen LogP contribution in [0.5, 0.6) is 11.5 Å². The van der Waals surface area contributed by atoms with Crippen LogP contribution in [0.25, 0.3) is 10.8 Å². The molecule has 146 valence electrons. The first-order chi connectivity index (χ1) is 13.8. The summed E-state index contributed by atoms with van der Waals surface area (Å²) in [6.07, 6.45) is 2.23. The lowest BCUT2D eigenvalue weighted by Crippen LogP contribution is -2.38. The molecular formula is C24H28N2O2. The van der Waals surface area contributed by atoms with Gasteiger partial charge in [0.1, 0.15) is 11.5 Å². The quantitative estimate of drug-likeness (QED) is 0.661. The molecule has 0 spiro atoms. The van der Waals surface area contributed by atoms with Gasteiger partial charge in [0.25, 0.3) is 0 Å². The molecule has 1 heterocycles. The van der Waals surface area contributed by atoms with Gasteiger partial charge in [-0.3, -0.25) is 4.90 Å². The number of rotatable bonds is 6. The molecule has 3 aromatic rings. The van der Waals surface area contributed by atoms with Crippen molar-refractivity contribution in [3.8, 4) is 11.5 Å². The molecule has 1 fully saturated rings. The summed E-state index contributed by atoms with van der Waals surface area (Å²) in [6, 6.07) is 21.6. The predicted octanol–water partition coefficient (Wildman–Crippen LogP) is 4.93. The number of methoxy groups -OCH3 is 2. The van der Waals surface area contributed by atoms with Crippen LogP contribution in [0.3, 0.4) is 0 Å². The summed E-state index contributed by atoms with van der Waals surface area (Å²) in [5.74, 6) is 1.70. The highest BCUT2D eigenvalue weighted by Crippen LogP contribution is 2.31. The Morgan fingerprint density at radius 3 is 2.50 bits per heavy atom. The molecule has 1 aliphatic rings. The molecule has 0 bridgehead atoms. The average Bonchev–Trinajstić information content (AvgIpc) is 2.75. The highest BCUT2D eigenvalue weighted by molar-refractivity contribution is 5.85. The highest BCUT2D eigenvalue weighted by Gasteiger charge is 2.21. The number of nitrogens with one attached hydrogen (secondary N) is 1. The summed E-state index contributed by atoms with van der Waals surface area (Å²) in [6.45, 7) is 3.19. The van der Waals surface area contributed by atoms with Gasteiger partial charge in [0.2, 0.25) is 0 Å². The monoisotopic (exact) mass is 376 g/mol. The van der Waals surface area contributed by atoms with Crippen LogP contribution in [0.4, 0.5) is 5.69 Å². The van der Waals surface area contributed by atoms with E-state index in [-0.39, 0.29) is 0 Å². The third-order valence-corrected chi connectivity index (χ3v) is 5.63. The molecule has 3 aromatic carbocycles. The van der Waals surface area contributed by atoms with Crippen molar-refractivity contribution in [2.75, 3.05) is 32.6 Å². The third-order valence-electron chi connectivity index (χ3n) is 5.63. The molecule has 4 rings (SSSR count). The van der Waals surface area contributed by atoms with Crippen LogP contribution >= 0.6 is 0 Å². The largest absolute Gasteiger partial charge is 0.497 e. The lowest BCUT2D eigenvalue weighted by Gasteiger charge is -2.33. The zero-order chi connectivity index (χ0) is 19.3. The number of likely N-dealkylation sites (tertiary alicyclic amines) is 1. The minimum absolute atomic E-state index is 0.449. The molecule has 0 saturated carbocycles. The molecule has 1 N–H and O–H groups in total. The van der Waals surface area contributed by atoms with Gasteiger partial charge in [0.15, 0.2) is 0 Å². The number of nitrogens with zero attached hydrogens (tertiary/aromatic N) is 1. The van der Waals surface area contributed by atoms with Crippen LogP contribution in [0.15, 0.2) is 60.7 Å². The Labute approximate surface area is 167 Å². The van der Waals surface area contributed by atoms with Crippen LogP contribution in [0.1, 0.15) is 18.4 Å². The smallest absolute Gasteiger partial charge is 0.142 e. The number of piperidine rings is 1. The minimum Gasteiger partial charge on any atom is -0.497 e. The first-order valence-corrected chi connectivity index (χ1v) is 9.94. The predicted molar refractivity (Wildman–Crippen MR) is 115 cm³/mol. The van der Waals surface area contributed by atoms with Crippen LogP contribution in [-0.2, 0) is 6.54 Å². The van der Waals surface area contributed by atoms with Crippen molar-refractivity contribution in [1.82, 2.24) is 4.90 Å². The third kappa shape index (κ3) is 4.07. The average molecular weight is 377 g/mol. The number of fused-ring (bicyclic) bond motifs is 1. The fraction of sp³-hybridized carbons (Fsp3) is 0.333. The molecule has 4 heteroatoms. The van der Waals surface area contributed by atoms with Crippen molar-refractivity contribution in [2.24, 2.45) is 0 Å². The van der Waals surface area contributed by atoms with Crippen LogP contribution < -0.4 is 14.8 Å². The van der Waals surface area contributed by atoms with E-state index < -0.39 is 0 Å². The zero-order valence-electron chi connectivity index (χ0n) is 16.7. The molecule has 4 nitrogen and oxygen atoms in total. The first-order valence-electron chi connectivity index (χ1n) is 9.94. The van der Waals surface area contributed by atoms with E-state index in [2.05, 4.69) is 52.7 Å². The molecule has 1 saturated heterocycles. The number of hydrogen-bond acceptors (Lipinski definition) is 4. The van der Waals surface area contributed by atoms with Crippen LogP contribution in [0.2, 0.25) is 0 Å². The van der Waals surface area contributed by atoms with Gasteiger partial charge in [-0.2, -0.15) is 0 Å². The normalized spacial score (nSPS) is 15.5. The minimum atomic E-state index is 0.449. The van der Waals surface area contributed by atoms with Crippen molar-refractivity contribution < 1.29 is 9.47 Å². The van der Waals surface area contributed by atoms with E-state index >= 15 is 0 Å². The van der Waals surface area contributed by atoms with Gasteiger partial charge in [0.05, 0.1) is 19.9 Å². The second-order valence-electron chi connectivity index (χ2n) is 7.40. The number of ether oxygens (including phenoxy) is 2. The van der Waals surface area contributed by atoms with Crippen molar-refractivity contribution in [2.45, 2.75) is 25.4 Å². The van der Waals surface area contributed by atoms with Gasteiger partial charge in [-0.15, -0.1) is 0 Å². The molecule has 0 aromatic heterocycles. The van der Waals surface area contributed by atoms with Crippen molar-refractivity contribution in [3.63, 3.8) is 0 Å². The summed E-state index contributed by atoms with van der Waals surface area (Å²) < 4.78 is 10.9. The fourth-order valence-electron chi connectivity index (χ4n) is 4.05. The van der Waals surface area contributed by atoms with E-state index in [0.717, 1.165) is 49.7 Å². The van der Waals surface area contributed by atoms with Gasteiger partial charge in [-0.1, -0.05) is 42.5 Å². The van der Waals surface area contributed by atoms with E-state index in [9.17, 15) is 0 Å². The van der Waals surface area contributed by atoms with E-state index in [0.29, 0.717) is 6.04 Å².